The number of nitrogens with zero attached hydrogens (tertiary/aromatic N) is 1. The van der Waals surface area contributed by atoms with Gasteiger partial charge in [0.05, 0.1) is 11.0 Å². The molecular weight excluding hydrogens is 506 g/mol. The molecule has 0 saturated carbocycles. The maximum Gasteiger partial charge on any atom is 0.409 e. The molecule has 3 atom stereocenters. The minimum atomic E-state index is -0.669. The maximum atomic E-state index is 12.7. The van der Waals surface area contributed by atoms with E-state index in [9.17, 15) is 14.9 Å². The predicted octanol–water partition coefficient (Wildman–Crippen LogP) is 7.34. The van der Waals surface area contributed by atoms with Crippen molar-refractivity contribution in [2.75, 3.05) is 11.9 Å². The van der Waals surface area contributed by atoms with E-state index in [0.29, 0.717) is 12.3 Å². The van der Waals surface area contributed by atoms with Crippen LogP contribution in [0.15, 0.2) is 109 Å². The van der Waals surface area contributed by atoms with Crippen molar-refractivity contribution in [1.82, 2.24) is 5.32 Å². The van der Waals surface area contributed by atoms with Gasteiger partial charge in [-0.3, -0.25) is 15.4 Å². The van der Waals surface area contributed by atoms with E-state index >= 15 is 0 Å². The molecule has 0 radical (unpaired) electrons. The Labute approximate surface area is 234 Å². The number of ether oxygens (including phenoxy) is 2. The zero-order valence-corrected chi connectivity index (χ0v) is 22.5. The molecule has 4 rings (SSSR count). The molecule has 8 heteroatoms. The van der Waals surface area contributed by atoms with E-state index in [-0.39, 0.29) is 24.3 Å². The van der Waals surface area contributed by atoms with Crippen molar-refractivity contribution in [1.29, 1.82) is 0 Å². The Balaban J connectivity index is 1.56. The minimum Gasteiger partial charge on any atom is -0.445 e. The third-order valence-electron chi connectivity index (χ3n) is 6.60. The summed E-state index contributed by atoms with van der Waals surface area (Å²) in [4.78, 5) is 23.4. The number of nitro groups is 1. The summed E-state index contributed by atoms with van der Waals surface area (Å²) in [6, 6.07) is 33.7. The number of rotatable bonds is 12. The highest BCUT2D eigenvalue weighted by Crippen LogP contribution is 2.32. The van der Waals surface area contributed by atoms with E-state index in [4.69, 9.17) is 9.47 Å². The average molecular weight is 540 g/mol. The second-order valence-corrected chi connectivity index (χ2v) is 9.36. The van der Waals surface area contributed by atoms with Crippen LogP contribution >= 0.6 is 0 Å². The lowest BCUT2D eigenvalue weighted by atomic mass is 9.91. The predicted molar refractivity (Wildman–Crippen MR) is 156 cm³/mol. The molecule has 1 unspecified atom stereocenters. The highest BCUT2D eigenvalue weighted by Gasteiger charge is 2.30. The van der Waals surface area contributed by atoms with Gasteiger partial charge in [-0.05, 0) is 41.3 Å². The number of alkyl carbamates (subject to hydrolysis) is 1. The van der Waals surface area contributed by atoms with Gasteiger partial charge in [-0.25, -0.2) is 4.79 Å². The summed E-state index contributed by atoms with van der Waals surface area (Å²) in [5.74, 6) is -0.262. The molecule has 2 N–H and O–H groups in total. The van der Waals surface area contributed by atoms with Gasteiger partial charge >= 0.3 is 6.09 Å². The SMILES string of the molecule is CCOC(NC(=O)OCc1ccccc1)[C@H](C)[C@H](Nc1ccc([N+](=O)[O-])cc1)c1ccc(-c2ccccc2)cc1. The quantitative estimate of drug-likeness (QED) is 0.111. The number of nitrogens with one attached hydrogen (secondary N) is 2. The first-order valence-corrected chi connectivity index (χ1v) is 13.2. The van der Waals surface area contributed by atoms with Crippen molar-refractivity contribution in [3.63, 3.8) is 0 Å². The summed E-state index contributed by atoms with van der Waals surface area (Å²) in [7, 11) is 0. The van der Waals surface area contributed by atoms with Gasteiger partial charge < -0.3 is 14.8 Å². The van der Waals surface area contributed by atoms with Gasteiger partial charge in [0.1, 0.15) is 12.8 Å². The Hall–Kier alpha value is -4.69. The molecule has 0 fully saturated rings. The van der Waals surface area contributed by atoms with Gasteiger partial charge in [0, 0.05) is 30.3 Å². The third kappa shape index (κ3) is 7.68. The monoisotopic (exact) mass is 539 g/mol. The molecule has 0 aliphatic carbocycles. The second kappa shape index (κ2) is 13.9. The molecule has 0 bridgehead atoms. The number of nitro benzene ring substituents is 1. The van der Waals surface area contributed by atoms with Crippen molar-refractivity contribution in [3.05, 3.63) is 130 Å². The molecule has 0 aromatic heterocycles. The smallest absolute Gasteiger partial charge is 0.409 e. The van der Waals surface area contributed by atoms with Crippen LogP contribution in [0.3, 0.4) is 0 Å². The van der Waals surface area contributed by atoms with Crippen LogP contribution in [0.4, 0.5) is 16.2 Å². The number of carbonyl (C=O) groups is 1. The van der Waals surface area contributed by atoms with E-state index in [1.165, 1.54) is 12.1 Å². The fourth-order valence-electron chi connectivity index (χ4n) is 4.45. The van der Waals surface area contributed by atoms with Crippen LogP contribution in [0.5, 0.6) is 0 Å². The molecule has 1 amide bonds. The number of amides is 1. The fourth-order valence-corrected chi connectivity index (χ4v) is 4.45. The molecule has 4 aromatic rings. The molecule has 206 valence electrons. The Bertz CT molecular complexity index is 1360. The van der Waals surface area contributed by atoms with E-state index in [1.54, 1.807) is 12.1 Å². The number of non-ortho nitro benzene ring substituents is 1. The first kappa shape index (κ1) is 28.3. The summed E-state index contributed by atoms with van der Waals surface area (Å²) >= 11 is 0. The van der Waals surface area contributed by atoms with Crippen molar-refractivity contribution < 1.29 is 19.2 Å². The topological polar surface area (TPSA) is 103 Å². The van der Waals surface area contributed by atoms with Crippen molar-refractivity contribution >= 4 is 17.5 Å². The summed E-state index contributed by atoms with van der Waals surface area (Å²) in [6.07, 6.45) is -1.25. The summed E-state index contributed by atoms with van der Waals surface area (Å²) in [5.41, 5.74) is 4.76. The molecule has 0 spiro atoms. The standard InChI is InChI=1S/C32H33N3O5/c1-3-39-31(34-32(36)40-22-24-10-6-4-7-11-24)23(2)30(33-28-18-20-29(21-19-28)35(37)38)27-16-14-26(15-17-27)25-12-8-5-9-13-25/h4-21,23,30-31,33H,3,22H2,1-2H3,(H,34,36)/t23-,30+,31?/m1/s1. The normalized spacial score (nSPS) is 13.1. The molecule has 4 aromatic carbocycles. The molecule has 0 aliphatic rings. The summed E-state index contributed by atoms with van der Waals surface area (Å²) in [5, 5.41) is 17.5. The zero-order chi connectivity index (χ0) is 28.3. The van der Waals surface area contributed by atoms with Gasteiger partial charge in [-0.1, -0.05) is 91.9 Å². The van der Waals surface area contributed by atoms with Crippen LogP contribution in [0.25, 0.3) is 11.1 Å². The van der Waals surface area contributed by atoms with Gasteiger partial charge in [-0.2, -0.15) is 0 Å². The number of hydrogen-bond acceptors (Lipinski definition) is 6. The van der Waals surface area contributed by atoms with Gasteiger partial charge in [0.15, 0.2) is 0 Å². The van der Waals surface area contributed by atoms with Gasteiger partial charge in [0.25, 0.3) is 5.69 Å². The van der Waals surface area contributed by atoms with Crippen molar-refractivity contribution in [2.45, 2.75) is 32.7 Å². The van der Waals surface area contributed by atoms with Crippen LogP contribution in [-0.4, -0.2) is 23.9 Å². The summed E-state index contributed by atoms with van der Waals surface area (Å²) < 4.78 is 11.4. The average Bonchev–Trinajstić information content (AvgIpc) is 2.99. The lowest BCUT2D eigenvalue weighted by Gasteiger charge is -2.33. The molecule has 8 nitrogen and oxygen atoms in total. The number of benzene rings is 4. The van der Waals surface area contributed by atoms with E-state index in [0.717, 1.165) is 22.3 Å². The van der Waals surface area contributed by atoms with Crippen molar-refractivity contribution in [2.24, 2.45) is 5.92 Å². The van der Waals surface area contributed by atoms with E-state index < -0.39 is 17.2 Å². The van der Waals surface area contributed by atoms with Crippen LogP contribution in [0.2, 0.25) is 0 Å². The minimum absolute atomic E-state index is 0.0115. The van der Waals surface area contributed by atoms with Crippen LogP contribution < -0.4 is 10.6 Å². The van der Waals surface area contributed by atoms with E-state index in [1.807, 2.05) is 74.5 Å². The Morgan fingerprint density at radius 3 is 2.05 bits per heavy atom. The molecular formula is C32H33N3O5. The number of carbonyl (C=O) groups excluding carboxylic acids is 1. The molecule has 0 aliphatic heterocycles. The molecule has 40 heavy (non-hydrogen) atoms. The van der Waals surface area contributed by atoms with Crippen LogP contribution in [0.1, 0.15) is 31.0 Å². The lowest BCUT2D eigenvalue weighted by Crippen LogP contribution is -2.44. The molecule has 0 heterocycles. The third-order valence-corrected chi connectivity index (χ3v) is 6.60. The Kier molecular flexibility index (Phi) is 9.85. The maximum absolute atomic E-state index is 12.7. The number of hydrogen-bond donors (Lipinski definition) is 2. The first-order valence-electron chi connectivity index (χ1n) is 13.2. The molecule has 0 saturated heterocycles. The van der Waals surface area contributed by atoms with Gasteiger partial charge in [0.2, 0.25) is 0 Å². The van der Waals surface area contributed by atoms with Crippen LogP contribution in [-0.2, 0) is 16.1 Å². The van der Waals surface area contributed by atoms with Crippen molar-refractivity contribution in [3.8, 4) is 11.1 Å². The second-order valence-electron chi connectivity index (χ2n) is 9.36. The Morgan fingerprint density at radius 1 is 0.850 bits per heavy atom. The summed E-state index contributed by atoms with van der Waals surface area (Å²) in [6.45, 7) is 4.37. The lowest BCUT2D eigenvalue weighted by molar-refractivity contribution is -0.384. The highest BCUT2D eigenvalue weighted by atomic mass is 16.6. The van der Waals surface area contributed by atoms with Crippen LogP contribution in [0, 0.1) is 16.0 Å². The Morgan fingerprint density at radius 2 is 1.45 bits per heavy atom. The largest absolute Gasteiger partial charge is 0.445 e. The fraction of sp³-hybridized carbons (Fsp3) is 0.219. The van der Waals surface area contributed by atoms with E-state index in [2.05, 4.69) is 34.9 Å². The zero-order valence-electron chi connectivity index (χ0n) is 22.5. The highest BCUT2D eigenvalue weighted by molar-refractivity contribution is 5.67. The number of anilines is 1. The van der Waals surface area contributed by atoms with Gasteiger partial charge in [-0.15, -0.1) is 0 Å². The first-order chi connectivity index (χ1) is 19.4.